The molecule has 0 unspecified atom stereocenters. The molecule has 0 atom stereocenters. The van der Waals surface area contributed by atoms with Gasteiger partial charge in [0.05, 0.1) is 6.54 Å². The molecule has 2 aromatic carbocycles. The van der Waals surface area contributed by atoms with Crippen LogP contribution in [0.1, 0.15) is 11.1 Å². The quantitative estimate of drug-likeness (QED) is 0.713. The van der Waals surface area contributed by atoms with Gasteiger partial charge in [0.1, 0.15) is 0 Å². The van der Waals surface area contributed by atoms with Crippen molar-refractivity contribution in [1.82, 2.24) is 9.88 Å². The Morgan fingerprint density at radius 3 is 2.04 bits per heavy atom. The summed E-state index contributed by atoms with van der Waals surface area (Å²) in [7, 11) is 0. The van der Waals surface area contributed by atoms with Crippen LogP contribution in [0.25, 0.3) is 0 Å². The molecule has 122 valence electrons. The number of anilines is 1. The van der Waals surface area contributed by atoms with Crippen molar-refractivity contribution in [3.8, 4) is 0 Å². The zero-order valence-electron chi connectivity index (χ0n) is 13.3. The maximum Gasteiger partial charge on any atom is 0.240 e. The molecular weight excluding hydrogens is 318 g/mol. The molecule has 1 amide bonds. The van der Waals surface area contributed by atoms with Crippen molar-refractivity contribution in [3.63, 3.8) is 0 Å². The molecule has 1 aromatic heterocycles. The van der Waals surface area contributed by atoms with Gasteiger partial charge in [-0.2, -0.15) is 0 Å². The number of carbonyl (C=O) groups is 1. The van der Waals surface area contributed by atoms with Crippen molar-refractivity contribution in [1.29, 1.82) is 0 Å². The van der Waals surface area contributed by atoms with E-state index in [1.165, 1.54) is 22.5 Å². The zero-order valence-corrected chi connectivity index (χ0v) is 14.1. The lowest BCUT2D eigenvalue weighted by atomic mass is 10.1. The van der Waals surface area contributed by atoms with E-state index >= 15 is 0 Å². The van der Waals surface area contributed by atoms with Gasteiger partial charge in [-0.25, -0.2) is 4.98 Å². The summed E-state index contributed by atoms with van der Waals surface area (Å²) in [5.41, 5.74) is 2.38. The van der Waals surface area contributed by atoms with E-state index in [0.717, 1.165) is 13.1 Å². The predicted octanol–water partition coefficient (Wildman–Crippen LogP) is 3.78. The Morgan fingerprint density at radius 1 is 0.958 bits per heavy atom. The molecule has 0 aliphatic heterocycles. The molecule has 0 spiro atoms. The second-order valence-electron chi connectivity index (χ2n) is 5.50. The molecule has 24 heavy (non-hydrogen) atoms. The topological polar surface area (TPSA) is 45.2 Å². The lowest BCUT2D eigenvalue weighted by Gasteiger charge is -2.22. The van der Waals surface area contributed by atoms with Crippen LogP contribution in [0.3, 0.4) is 0 Å². The summed E-state index contributed by atoms with van der Waals surface area (Å²) >= 11 is 1.42. The van der Waals surface area contributed by atoms with Gasteiger partial charge in [0.15, 0.2) is 5.13 Å². The highest BCUT2D eigenvalue weighted by Gasteiger charge is 2.13. The fourth-order valence-corrected chi connectivity index (χ4v) is 3.04. The van der Waals surface area contributed by atoms with Gasteiger partial charge >= 0.3 is 0 Å². The summed E-state index contributed by atoms with van der Waals surface area (Å²) in [6.07, 6.45) is 1.69. The average molecular weight is 337 g/mol. The standard InChI is InChI=1S/C19H19N3OS/c23-18(21-19-20-11-12-24-19)15-22(13-16-7-3-1-4-8-16)14-17-9-5-2-6-10-17/h1-12H,13-15H2,(H,20,21,23). The summed E-state index contributed by atoms with van der Waals surface area (Å²) in [5.74, 6) is -0.0446. The van der Waals surface area contributed by atoms with Gasteiger partial charge in [-0.05, 0) is 11.1 Å². The van der Waals surface area contributed by atoms with Gasteiger partial charge in [-0.1, -0.05) is 60.7 Å². The predicted molar refractivity (Wildman–Crippen MR) is 97.7 cm³/mol. The first-order valence-corrected chi connectivity index (χ1v) is 8.67. The fourth-order valence-electron chi connectivity index (χ4n) is 2.50. The van der Waals surface area contributed by atoms with E-state index < -0.39 is 0 Å². The second-order valence-corrected chi connectivity index (χ2v) is 6.40. The van der Waals surface area contributed by atoms with E-state index in [4.69, 9.17) is 0 Å². The number of amides is 1. The number of thiazole rings is 1. The molecular formula is C19H19N3OS. The van der Waals surface area contributed by atoms with Crippen molar-refractivity contribution in [2.45, 2.75) is 13.1 Å². The van der Waals surface area contributed by atoms with E-state index in [1.807, 2.05) is 41.8 Å². The first-order valence-electron chi connectivity index (χ1n) is 7.79. The fraction of sp³-hybridized carbons (Fsp3) is 0.158. The Balaban J connectivity index is 1.67. The van der Waals surface area contributed by atoms with Gasteiger partial charge in [-0.15, -0.1) is 11.3 Å². The Morgan fingerprint density at radius 2 is 1.54 bits per heavy atom. The monoisotopic (exact) mass is 337 g/mol. The maximum absolute atomic E-state index is 12.3. The minimum atomic E-state index is -0.0446. The minimum Gasteiger partial charge on any atom is -0.301 e. The lowest BCUT2D eigenvalue weighted by Crippen LogP contribution is -2.32. The average Bonchev–Trinajstić information content (AvgIpc) is 3.09. The van der Waals surface area contributed by atoms with Crippen molar-refractivity contribution < 1.29 is 4.79 Å². The Hall–Kier alpha value is -2.50. The summed E-state index contributed by atoms with van der Waals surface area (Å²) in [6, 6.07) is 20.4. The Kier molecular flexibility index (Phi) is 5.71. The van der Waals surface area contributed by atoms with E-state index in [-0.39, 0.29) is 5.91 Å². The molecule has 0 aliphatic rings. The highest BCUT2D eigenvalue weighted by atomic mass is 32.1. The minimum absolute atomic E-state index is 0.0446. The van der Waals surface area contributed by atoms with Crippen LogP contribution in [0.15, 0.2) is 72.2 Å². The van der Waals surface area contributed by atoms with Gasteiger partial charge in [-0.3, -0.25) is 9.69 Å². The zero-order chi connectivity index (χ0) is 16.6. The number of rotatable bonds is 7. The molecule has 0 fully saturated rings. The first-order chi connectivity index (χ1) is 11.8. The van der Waals surface area contributed by atoms with Crippen molar-refractivity contribution >= 4 is 22.4 Å². The number of nitrogens with one attached hydrogen (secondary N) is 1. The Labute approximate surface area is 145 Å². The molecule has 0 aliphatic carbocycles. The van der Waals surface area contributed by atoms with Crippen LogP contribution in [0.4, 0.5) is 5.13 Å². The van der Waals surface area contributed by atoms with E-state index in [0.29, 0.717) is 11.7 Å². The van der Waals surface area contributed by atoms with Crippen molar-refractivity contribution in [2.75, 3.05) is 11.9 Å². The number of hydrogen-bond acceptors (Lipinski definition) is 4. The maximum atomic E-state index is 12.3. The number of aromatic nitrogens is 1. The third kappa shape index (κ3) is 5.01. The van der Waals surface area contributed by atoms with Crippen LogP contribution in [0.5, 0.6) is 0 Å². The second kappa shape index (κ2) is 8.38. The van der Waals surface area contributed by atoms with E-state index in [1.54, 1.807) is 6.20 Å². The number of nitrogens with zero attached hydrogens (tertiary/aromatic N) is 2. The van der Waals surface area contributed by atoms with Gasteiger partial charge in [0.2, 0.25) is 5.91 Å². The van der Waals surface area contributed by atoms with Crippen LogP contribution in [-0.4, -0.2) is 22.3 Å². The highest BCUT2D eigenvalue weighted by Crippen LogP contribution is 2.12. The summed E-state index contributed by atoms with van der Waals surface area (Å²) < 4.78 is 0. The lowest BCUT2D eigenvalue weighted by molar-refractivity contribution is -0.117. The molecule has 4 nitrogen and oxygen atoms in total. The molecule has 1 N–H and O–H groups in total. The van der Waals surface area contributed by atoms with Gasteiger partial charge in [0, 0.05) is 24.7 Å². The third-order valence-corrected chi connectivity index (χ3v) is 4.23. The van der Waals surface area contributed by atoms with Gasteiger partial charge < -0.3 is 5.32 Å². The van der Waals surface area contributed by atoms with Crippen LogP contribution in [0, 0.1) is 0 Å². The molecule has 0 bridgehead atoms. The third-order valence-electron chi connectivity index (χ3n) is 3.54. The van der Waals surface area contributed by atoms with Crippen LogP contribution < -0.4 is 5.32 Å². The highest BCUT2D eigenvalue weighted by molar-refractivity contribution is 7.13. The molecule has 3 aromatic rings. The number of benzene rings is 2. The summed E-state index contributed by atoms with van der Waals surface area (Å²) in [5, 5.41) is 5.34. The Bertz CT molecular complexity index is 703. The molecule has 0 radical (unpaired) electrons. The van der Waals surface area contributed by atoms with E-state index in [2.05, 4.69) is 39.5 Å². The largest absolute Gasteiger partial charge is 0.301 e. The van der Waals surface area contributed by atoms with Crippen LogP contribution in [-0.2, 0) is 17.9 Å². The smallest absolute Gasteiger partial charge is 0.240 e. The first kappa shape index (κ1) is 16.4. The molecule has 5 heteroatoms. The normalized spacial score (nSPS) is 10.7. The summed E-state index contributed by atoms with van der Waals surface area (Å²) in [4.78, 5) is 18.5. The SMILES string of the molecule is O=C(CN(Cc1ccccc1)Cc1ccccc1)Nc1nccs1. The van der Waals surface area contributed by atoms with Crippen LogP contribution in [0.2, 0.25) is 0 Å². The molecule has 1 heterocycles. The van der Waals surface area contributed by atoms with Crippen molar-refractivity contribution in [2.24, 2.45) is 0 Å². The van der Waals surface area contributed by atoms with Crippen molar-refractivity contribution in [3.05, 3.63) is 83.4 Å². The molecule has 3 rings (SSSR count). The molecule has 0 saturated carbocycles. The summed E-state index contributed by atoms with van der Waals surface area (Å²) in [6.45, 7) is 1.77. The van der Waals surface area contributed by atoms with E-state index in [9.17, 15) is 4.79 Å². The number of carbonyl (C=O) groups excluding carboxylic acids is 1. The van der Waals surface area contributed by atoms with Crippen LogP contribution >= 0.6 is 11.3 Å². The number of hydrogen-bond donors (Lipinski definition) is 1. The van der Waals surface area contributed by atoms with Gasteiger partial charge in [0.25, 0.3) is 0 Å². The molecule has 0 saturated heterocycles.